The zero-order valence-corrected chi connectivity index (χ0v) is 18.0. The fraction of sp³-hybridized carbons (Fsp3) is 0.400. The van der Waals surface area contributed by atoms with Crippen LogP contribution in [0.2, 0.25) is 0 Å². The highest BCUT2D eigenvalue weighted by molar-refractivity contribution is 6.16. The number of ether oxygens (including phenoxy) is 2. The molecule has 0 radical (unpaired) electrons. The SMILES string of the molecule is COc1cc([C@@H](c2n(CCO)c(C)c(C)[n+]2[O-])C2C(=O)NC(=O)NC2=O)cc(OC)c1O. The molecular weight excluding hydrogens is 424 g/mol. The fourth-order valence-corrected chi connectivity index (χ4v) is 3.89. The van der Waals surface area contributed by atoms with Crippen LogP contribution in [0.5, 0.6) is 17.2 Å². The number of aliphatic hydroxyl groups excluding tert-OH is 1. The van der Waals surface area contributed by atoms with E-state index in [4.69, 9.17) is 9.47 Å². The van der Waals surface area contributed by atoms with Gasteiger partial charge in [-0.25, -0.2) is 14.1 Å². The lowest BCUT2D eigenvalue weighted by Gasteiger charge is -2.28. The summed E-state index contributed by atoms with van der Waals surface area (Å²) in [4.78, 5) is 37.2. The predicted octanol–water partition coefficient (Wildman–Crippen LogP) is -0.432. The molecule has 1 saturated heterocycles. The van der Waals surface area contributed by atoms with Crippen LogP contribution >= 0.6 is 0 Å². The number of nitrogens with one attached hydrogen (secondary N) is 2. The molecule has 0 unspecified atom stereocenters. The lowest BCUT2D eigenvalue weighted by Crippen LogP contribution is -2.58. The molecule has 1 aliphatic rings. The summed E-state index contributed by atoms with van der Waals surface area (Å²) >= 11 is 0. The number of imidazole rings is 1. The Hall–Kier alpha value is -3.80. The number of barbiturate groups is 1. The van der Waals surface area contributed by atoms with Crippen molar-refractivity contribution < 1.29 is 38.8 Å². The number of imide groups is 2. The molecule has 1 aromatic carbocycles. The van der Waals surface area contributed by atoms with Gasteiger partial charge in [0.15, 0.2) is 11.5 Å². The van der Waals surface area contributed by atoms with Crippen LogP contribution in [-0.4, -0.2) is 53.5 Å². The number of hydrogen-bond donors (Lipinski definition) is 4. The van der Waals surface area contributed by atoms with E-state index in [1.807, 2.05) is 10.6 Å². The number of carbonyl (C=O) groups is 3. The average molecular weight is 448 g/mol. The van der Waals surface area contributed by atoms with E-state index in [0.29, 0.717) is 16.1 Å². The smallest absolute Gasteiger partial charge is 0.328 e. The Morgan fingerprint density at radius 1 is 1.12 bits per heavy atom. The molecule has 1 fully saturated rings. The number of benzene rings is 1. The minimum absolute atomic E-state index is 0.00602. The van der Waals surface area contributed by atoms with Gasteiger partial charge in [0.2, 0.25) is 17.6 Å². The third kappa shape index (κ3) is 3.68. The molecule has 1 aromatic heterocycles. The standard InChI is InChI=1S/C20H24N4O8/c1-9-10(2)24(30)19(23(9)5-6-25)14(15-17(27)21-20(29)22-18(15)28)11-7-12(31-3)16(26)13(8-11)32-4/h7-8,14-15,25-26H,5-6H2,1-4H3,(H2,21,22,27,28,29)/t14-/m1/s1. The van der Waals surface area contributed by atoms with Crippen LogP contribution in [0.1, 0.15) is 28.7 Å². The molecule has 172 valence electrons. The highest BCUT2D eigenvalue weighted by atomic mass is 16.5. The van der Waals surface area contributed by atoms with Gasteiger partial charge in [0.05, 0.1) is 20.8 Å². The highest BCUT2D eigenvalue weighted by Crippen LogP contribution is 2.43. The molecule has 2 heterocycles. The number of methoxy groups -OCH3 is 2. The molecule has 0 saturated carbocycles. The van der Waals surface area contributed by atoms with Gasteiger partial charge in [0.1, 0.15) is 29.8 Å². The van der Waals surface area contributed by atoms with Crippen molar-refractivity contribution in [3.63, 3.8) is 0 Å². The van der Waals surface area contributed by atoms with E-state index in [2.05, 4.69) is 0 Å². The summed E-state index contributed by atoms with van der Waals surface area (Å²) < 4.78 is 12.5. The molecule has 0 spiro atoms. The number of hydrogen-bond acceptors (Lipinski definition) is 8. The first kappa shape index (κ1) is 22.9. The first-order valence-corrected chi connectivity index (χ1v) is 9.66. The van der Waals surface area contributed by atoms with E-state index in [0.717, 1.165) is 0 Å². The molecule has 0 bridgehead atoms. The van der Waals surface area contributed by atoms with E-state index in [-0.39, 0.29) is 41.8 Å². The zero-order valence-electron chi connectivity index (χ0n) is 18.0. The number of nitrogens with zero attached hydrogens (tertiary/aromatic N) is 2. The monoisotopic (exact) mass is 448 g/mol. The molecule has 12 heteroatoms. The molecule has 0 aliphatic carbocycles. The quantitative estimate of drug-likeness (QED) is 0.251. The highest BCUT2D eigenvalue weighted by Gasteiger charge is 2.47. The fourth-order valence-electron chi connectivity index (χ4n) is 3.89. The second-order valence-corrected chi connectivity index (χ2v) is 7.24. The van der Waals surface area contributed by atoms with Gasteiger partial charge in [-0.15, -0.1) is 0 Å². The first-order valence-electron chi connectivity index (χ1n) is 9.66. The summed E-state index contributed by atoms with van der Waals surface area (Å²) in [6.45, 7) is 2.95. The van der Waals surface area contributed by atoms with E-state index >= 15 is 0 Å². The number of aromatic nitrogens is 2. The number of amides is 4. The van der Waals surface area contributed by atoms with Gasteiger partial charge >= 0.3 is 6.03 Å². The van der Waals surface area contributed by atoms with Crippen molar-refractivity contribution >= 4 is 17.8 Å². The maximum absolute atomic E-state index is 13.2. The van der Waals surface area contributed by atoms with Crippen LogP contribution < -0.4 is 24.8 Å². The Bertz CT molecular complexity index is 1050. The van der Waals surface area contributed by atoms with E-state index < -0.39 is 29.7 Å². The lowest BCUT2D eigenvalue weighted by molar-refractivity contribution is -0.621. The summed E-state index contributed by atoms with van der Waals surface area (Å²) in [7, 11) is 2.62. The van der Waals surface area contributed by atoms with Gasteiger partial charge < -0.3 is 24.9 Å². The molecule has 4 amide bonds. The van der Waals surface area contributed by atoms with Gasteiger partial charge in [-0.2, -0.15) is 0 Å². The first-order chi connectivity index (χ1) is 15.2. The molecule has 1 atom stereocenters. The number of aromatic hydroxyl groups is 1. The average Bonchev–Trinajstić information content (AvgIpc) is 2.95. The van der Waals surface area contributed by atoms with Crippen molar-refractivity contribution in [1.82, 2.24) is 15.2 Å². The number of aliphatic hydroxyl groups is 1. The summed E-state index contributed by atoms with van der Waals surface area (Å²) in [5, 5.41) is 37.1. The summed E-state index contributed by atoms with van der Waals surface area (Å²) in [6.07, 6.45) is 0. The second-order valence-electron chi connectivity index (χ2n) is 7.24. The van der Waals surface area contributed by atoms with Crippen molar-refractivity contribution in [2.24, 2.45) is 5.92 Å². The van der Waals surface area contributed by atoms with E-state index in [1.165, 1.54) is 30.9 Å². The van der Waals surface area contributed by atoms with Crippen molar-refractivity contribution in [2.45, 2.75) is 26.3 Å². The van der Waals surface area contributed by atoms with Crippen molar-refractivity contribution in [1.29, 1.82) is 0 Å². The van der Waals surface area contributed by atoms with E-state index in [1.54, 1.807) is 13.8 Å². The third-order valence-electron chi connectivity index (χ3n) is 5.55. The van der Waals surface area contributed by atoms with Crippen LogP contribution in [0.4, 0.5) is 4.79 Å². The Morgan fingerprint density at radius 2 is 1.66 bits per heavy atom. The second kappa shape index (κ2) is 8.75. The molecule has 1 aliphatic heterocycles. The van der Waals surface area contributed by atoms with Crippen molar-refractivity contribution in [3.8, 4) is 17.2 Å². The lowest BCUT2D eigenvalue weighted by atomic mass is 9.82. The molecule has 4 N–H and O–H groups in total. The van der Waals surface area contributed by atoms with Gasteiger partial charge in [-0.1, -0.05) is 0 Å². The maximum Gasteiger partial charge on any atom is 0.328 e. The Labute approximate surface area is 182 Å². The number of urea groups is 1. The molecule has 32 heavy (non-hydrogen) atoms. The summed E-state index contributed by atoms with van der Waals surface area (Å²) in [5.41, 5.74) is 1.07. The zero-order chi connectivity index (χ0) is 23.7. The molecular formula is C20H24N4O8. The largest absolute Gasteiger partial charge is 0.711 e. The number of phenols is 1. The number of phenolic OH excluding ortho intramolecular Hbond substituents is 1. The van der Waals surface area contributed by atoms with Gasteiger partial charge in [0.25, 0.3) is 5.82 Å². The minimum atomic E-state index is -1.52. The number of rotatable bonds is 7. The Balaban J connectivity index is 2.35. The van der Waals surface area contributed by atoms with Gasteiger partial charge in [-0.3, -0.25) is 20.2 Å². The van der Waals surface area contributed by atoms with Crippen molar-refractivity contribution in [3.05, 3.63) is 40.1 Å². The van der Waals surface area contributed by atoms with Gasteiger partial charge in [0, 0.05) is 13.8 Å². The van der Waals surface area contributed by atoms with Crippen molar-refractivity contribution in [2.75, 3.05) is 20.8 Å². The molecule has 2 aromatic rings. The normalized spacial score (nSPS) is 15.3. The maximum atomic E-state index is 13.2. The molecule has 3 rings (SSSR count). The Morgan fingerprint density at radius 3 is 2.12 bits per heavy atom. The third-order valence-corrected chi connectivity index (χ3v) is 5.55. The van der Waals surface area contributed by atoms with Crippen LogP contribution in [-0.2, 0) is 16.1 Å². The number of carbonyl (C=O) groups excluding carboxylic acids is 3. The van der Waals surface area contributed by atoms with Crippen LogP contribution in [0, 0.1) is 25.0 Å². The summed E-state index contributed by atoms with van der Waals surface area (Å²) in [5.74, 6) is -4.87. The molecule has 12 nitrogen and oxygen atoms in total. The predicted molar refractivity (Wildman–Crippen MR) is 108 cm³/mol. The van der Waals surface area contributed by atoms with E-state index in [9.17, 15) is 29.8 Å². The van der Waals surface area contributed by atoms with Crippen LogP contribution in [0.15, 0.2) is 12.1 Å². The van der Waals surface area contributed by atoms with Gasteiger partial charge in [-0.05, 0) is 17.7 Å². The topological polar surface area (TPSA) is 166 Å². The minimum Gasteiger partial charge on any atom is -0.711 e. The van der Waals surface area contributed by atoms with Crippen LogP contribution in [0.25, 0.3) is 0 Å². The summed E-state index contributed by atoms with van der Waals surface area (Å²) in [6, 6.07) is 1.78. The van der Waals surface area contributed by atoms with Crippen LogP contribution in [0.3, 0.4) is 0 Å². The Kier molecular flexibility index (Phi) is 6.25.